The van der Waals surface area contributed by atoms with E-state index >= 15 is 0 Å². The second kappa shape index (κ2) is 8.88. The second-order valence-electron chi connectivity index (χ2n) is 9.00. The maximum absolute atomic E-state index is 13.1. The van der Waals surface area contributed by atoms with Crippen molar-refractivity contribution in [2.45, 2.75) is 12.0 Å². The molecule has 1 aliphatic carbocycles. The zero-order valence-electron chi connectivity index (χ0n) is 19.7. The molecule has 2 heterocycles. The Morgan fingerprint density at radius 1 is 1.00 bits per heavy atom. The largest absolute Gasteiger partial charge is 0.502 e. The van der Waals surface area contributed by atoms with E-state index in [-0.39, 0.29) is 54.6 Å². The van der Waals surface area contributed by atoms with Crippen LogP contribution in [-0.4, -0.2) is 70.8 Å². The van der Waals surface area contributed by atoms with Gasteiger partial charge in [0.05, 0.1) is 39.5 Å². The van der Waals surface area contributed by atoms with E-state index in [9.17, 15) is 9.90 Å². The van der Waals surface area contributed by atoms with Crippen molar-refractivity contribution in [1.29, 1.82) is 0 Å². The number of carbonyl (C=O) groups is 1. The highest BCUT2D eigenvalue weighted by atomic mass is 16.7. The van der Waals surface area contributed by atoms with Gasteiger partial charge in [0.15, 0.2) is 23.0 Å². The molecular weight excluding hydrogens is 442 g/mol. The number of ether oxygens (including phenoxy) is 6. The van der Waals surface area contributed by atoms with Crippen molar-refractivity contribution in [2.24, 2.45) is 11.8 Å². The van der Waals surface area contributed by atoms with Crippen LogP contribution in [0.2, 0.25) is 0 Å². The Kier molecular flexibility index (Phi) is 5.91. The molecule has 5 rings (SSSR count). The SMILES string of the molecule is COc1cc([C@H]2c3cc4c(cc3[C@@H](OCCN(C)C)C3COC(=O)[C@@H]32)OCO4)cc(OC)c1O. The maximum Gasteiger partial charge on any atom is 0.310 e. The fourth-order valence-corrected chi connectivity index (χ4v) is 5.18. The predicted molar refractivity (Wildman–Crippen MR) is 121 cm³/mol. The highest BCUT2D eigenvalue weighted by molar-refractivity contribution is 5.79. The number of esters is 1. The summed E-state index contributed by atoms with van der Waals surface area (Å²) in [6.45, 7) is 1.67. The summed E-state index contributed by atoms with van der Waals surface area (Å²) < 4.78 is 34.1. The number of carbonyl (C=O) groups excluding carboxylic acids is 1. The topological polar surface area (TPSA) is 95.9 Å². The molecule has 9 heteroatoms. The van der Waals surface area contributed by atoms with Crippen LogP contribution in [0.25, 0.3) is 0 Å². The third-order valence-electron chi connectivity index (χ3n) is 6.82. The Balaban J connectivity index is 1.67. The van der Waals surface area contributed by atoms with Crippen molar-refractivity contribution in [3.63, 3.8) is 0 Å². The number of nitrogens with zero attached hydrogens (tertiary/aromatic N) is 1. The first-order valence-corrected chi connectivity index (χ1v) is 11.2. The molecule has 9 nitrogen and oxygen atoms in total. The first kappa shape index (κ1) is 22.6. The summed E-state index contributed by atoms with van der Waals surface area (Å²) in [6, 6.07) is 7.37. The minimum atomic E-state index is -0.476. The van der Waals surface area contributed by atoms with Crippen molar-refractivity contribution in [1.82, 2.24) is 4.90 Å². The molecule has 3 aliphatic rings. The van der Waals surface area contributed by atoms with Crippen molar-refractivity contribution in [3.05, 3.63) is 41.0 Å². The number of phenolic OH excluding ortho intramolecular Hbond substituents is 1. The van der Waals surface area contributed by atoms with Gasteiger partial charge >= 0.3 is 5.97 Å². The van der Waals surface area contributed by atoms with Gasteiger partial charge < -0.3 is 38.4 Å². The number of likely N-dealkylation sites (N-methyl/N-ethyl adjacent to an activating group) is 1. The molecule has 2 aromatic rings. The number of hydrogen-bond donors (Lipinski definition) is 1. The smallest absolute Gasteiger partial charge is 0.310 e. The average Bonchev–Trinajstić information content (AvgIpc) is 3.44. The van der Waals surface area contributed by atoms with Crippen molar-refractivity contribution in [2.75, 3.05) is 54.9 Å². The zero-order chi connectivity index (χ0) is 24.0. The summed E-state index contributed by atoms with van der Waals surface area (Å²) in [5.74, 6) is 0.418. The van der Waals surface area contributed by atoms with Gasteiger partial charge in [-0.1, -0.05) is 0 Å². The lowest BCUT2D eigenvalue weighted by molar-refractivity contribution is -0.141. The van der Waals surface area contributed by atoms with Crippen LogP contribution in [0.15, 0.2) is 24.3 Å². The van der Waals surface area contributed by atoms with E-state index in [4.69, 9.17) is 28.4 Å². The van der Waals surface area contributed by atoms with Crippen LogP contribution in [0, 0.1) is 11.8 Å². The molecular formula is C25H29NO8. The van der Waals surface area contributed by atoms with Crippen molar-refractivity contribution < 1.29 is 38.3 Å². The number of phenols is 1. The molecule has 0 aromatic heterocycles. The minimum absolute atomic E-state index is 0.0917. The van der Waals surface area contributed by atoms with Gasteiger partial charge in [0, 0.05) is 18.4 Å². The van der Waals surface area contributed by atoms with Gasteiger partial charge in [0.1, 0.15) is 0 Å². The van der Waals surface area contributed by atoms with Gasteiger partial charge in [-0.3, -0.25) is 4.79 Å². The Morgan fingerprint density at radius 2 is 1.65 bits per heavy atom. The van der Waals surface area contributed by atoms with Crippen LogP contribution >= 0.6 is 0 Å². The molecule has 2 aromatic carbocycles. The molecule has 2 aliphatic heterocycles. The normalized spacial score (nSPS) is 24.6. The summed E-state index contributed by atoms with van der Waals surface area (Å²) in [5.41, 5.74) is 2.61. The fraction of sp³-hybridized carbons (Fsp3) is 0.480. The minimum Gasteiger partial charge on any atom is -0.502 e. The highest BCUT2D eigenvalue weighted by Crippen LogP contribution is 2.56. The van der Waals surface area contributed by atoms with Crippen LogP contribution in [0.3, 0.4) is 0 Å². The molecule has 0 amide bonds. The zero-order valence-corrected chi connectivity index (χ0v) is 19.7. The molecule has 1 N–H and O–H groups in total. The Hall–Kier alpha value is -3.17. The summed E-state index contributed by atoms with van der Waals surface area (Å²) in [7, 11) is 6.94. The Bertz CT molecular complexity index is 1080. The lowest BCUT2D eigenvalue weighted by Gasteiger charge is -2.39. The Labute approximate surface area is 198 Å². The van der Waals surface area contributed by atoms with E-state index < -0.39 is 5.92 Å². The number of cyclic esters (lactones) is 1. The van der Waals surface area contributed by atoms with Gasteiger partial charge in [-0.05, 0) is 55.1 Å². The second-order valence-corrected chi connectivity index (χ2v) is 9.00. The summed E-state index contributed by atoms with van der Waals surface area (Å²) >= 11 is 0. The quantitative estimate of drug-likeness (QED) is 0.612. The lowest BCUT2D eigenvalue weighted by Crippen LogP contribution is -2.36. The number of aromatic hydroxyl groups is 1. The van der Waals surface area contributed by atoms with Crippen LogP contribution in [0.1, 0.15) is 28.7 Å². The molecule has 34 heavy (non-hydrogen) atoms. The number of fused-ring (bicyclic) bond motifs is 3. The molecule has 0 bridgehead atoms. The van der Waals surface area contributed by atoms with Gasteiger partial charge in [0.2, 0.25) is 12.5 Å². The average molecular weight is 472 g/mol. The van der Waals surface area contributed by atoms with E-state index in [0.29, 0.717) is 18.1 Å². The molecule has 0 spiro atoms. The number of benzene rings is 2. The van der Waals surface area contributed by atoms with E-state index in [2.05, 4.69) is 4.90 Å². The summed E-state index contributed by atoms with van der Waals surface area (Å²) in [5, 5.41) is 10.5. The van der Waals surface area contributed by atoms with Gasteiger partial charge in [0.25, 0.3) is 0 Å². The Morgan fingerprint density at radius 3 is 2.26 bits per heavy atom. The van der Waals surface area contributed by atoms with E-state index in [1.54, 1.807) is 12.1 Å². The third kappa shape index (κ3) is 3.69. The standard InChI is InChI=1S/C25H29NO8/c1-26(2)5-6-31-24-15-10-18-17(33-12-34-18)9-14(15)21(22-16(24)11-32-25(22)28)13-7-19(29-3)23(27)20(8-13)30-4/h7-10,16,21-22,24,27H,5-6,11-12H2,1-4H3/t16?,21-,22-,24+/m0/s1. The van der Waals surface area contributed by atoms with Gasteiger partial charge in [-0.2, -0.15) is 0 Å². The maximum atomic E-state index is 13.1. The van der Waals surface area contributed by atoms with Crippen molar-refractivity contribution in [3.8, 4) is 28.7 Å². The molecule has 0 radical (unpaired) electrons. The first-order chi connectivity index (χ1) is 16.4. The van der Waals surface area contributed by atoms with E-state index in [1.165, 1.54) is 14.2 Å². The van der Waals surface area contributed by atoms with Crippen LogP contribution in [0.5, 0.6) is 28.7 Å². The van der Waals surface area contributed by atoms with Gasteiger partial charge in [-0.25, -0.2) is 0 Å². The fourth-order valence-electron chi connectivity index (χ4n) is 5.18. The highest BCUT2D eigenvalue weighted by Gasteiger charge is 2.53. The van der Waals surface area contributed by atoms with Crippen LogP contribution < -0.4 is 18.9 Å². The molecule has 1 saturated heterocycles. The van der Waals surface area contributed by atoms with Gasteiger partial charge in [-0.15, -0.1) is 0 Å². The molecule has 1 fully saturated rings. The molecule has 0 saturated carbocycles. The monoisotopic (exact) mass is 471 g/mol. The van der Waals surface area contributed by atoms with E-state index in [1.807, 2.05) is 26.2 Å². The molecule has 4 atom stereocenters. The number of methoxy groups -OCH3 is 2. The number of hydrogen-bond acceptors (Lipinski definition) is 9. The lowest BCUT2D eigenvalue weighted by atomic mass is 9.66. The summed E-state index contributed by atoms with van der Waals surface area (Å²) in [6.07, 6.45) is -0.335. The van der Waals surface area contributed by atoms with Crippen molar-refractivity contribution >= 4 is 5.97 Å². The van der Waals surface area contributed by atoms with E-state index in [0.717, 1.165) is 23.2 Å². The molecule has 182 valence electrons. The first-order valence-electron chi connectivity index (χ1n) is 11.2. The predicted octanol–water partition coefficient (Wildman–Crippen LogP) is 2.69. The third-order valence-corrected chi connectivity index (χ3v) is 6.82. The number of rotatable bonds is 7. The summed E-state index contributed by atoms with van der Waals surface area (Å²) in [4.78, 5) is 15.1. The van der Waals surface area contributed by atoms with Crippen LogP contribution in [-0.2, 0) is 14.3 Å². The van der Waals surface area contributed by atoms with Crippen LogP contribution in [0.4, 0.5) is 0 Å². The molecule has 1 unspecified atom stereocenters.